The molecule has 1 aliphatic rings. The lowest BCUT2D eigenvalue weighted by atomic mass is 9.90. The standard InChI is InChI=1S/C11H15N/c1-10(2)11(3,12-10)9-7-5-4-6-8-9/h4-8,12H,1-3H3. The second-order valence-corrected chi connectivity index (χ2v) is 4.24. The van der Waals surface area contributed by atoms with Crippen LogP contribution in [0.25, 0.3) is 0 Å². The number of hydrogen-bond donors (Lipinski definition) is 1. The summed E-state index contributed by atoms with van der Waals surface area (Å²) in [6.45, 7) is 6.72. The van der Waals surface area contributed by atoms with E-state index in [0.29, 0.717) is 0 Å². The molecule has 1 unspecified atom stereocenters. The number of hydrogen-bond acceptors (Lipinski definition) is 1. The fourth-order valence-electron chi connectivity index (χ4n) is 1.80. The van der Waals surface area contributed by atoms with Gasteiger partial charge in [0.1, 0.15) is 0 Å². The SMILES string of the molecule is CC1(C)NC1(C)c1ccccc1. The summed E-state index contributed by atoms with van der Waals surface area (Å²) in [5.74, 6) is 0. The van der Waals surface area contributed by atoms with Gasteiger partial charge in [0, 0.05) is 5.54 Å². The molecule has 1 saturated heterocycles. The van der Waals surface area contributed by atoms with Crippen molar-refractivity contribution in [3.05, 3.63) is 35.9 Å². The molecule has 1 atom stereocenters. The summed E-state index contributed by atoms with van der Waals surface area (Å²) < 4.78 is 0. The van der Waals surface area contributed by atoms with Crippen LogP contribution in [0.2, 0.25) is 0 Å². The van der Waals surface area contributed by atoms with E-state index in [0.717, 1.165) is 0 Å². The van der Waals surface area contributed by atoms with E-state index >= 15 is 0 Å². The average Bonchev–Trinajstić information content (AvgIpc) is 2.55. The maximum Gasteiger partial charge on any atom is 0.0590 e. The molecule has 64 valence electrons. The number of nitrogens with one attached hydrogen (secondary N) is 1. The van der Waals surface area contributed by atoms with Gasteiger partial charge in [-0.3, -0.25) is 5.32 Å². The van der Waals surface area contributed by atoms with Crippen molar-refractivity contribution < 1.29 is 0 Å². The first kappa shape index (κ1) is 7.81. The molecule has 1 heteroatoms. The molecule has 1 aromatic rings. The van der Waals surface area contributed by atoms with Gasteiger partial charge in [-0.1, -0.05) is 30.3 Å². The molecule has 0 saturated carbocycles. The van der Waals surface area contributed by atoms with Crippen LogP contribution in [0.4, 0.5) is 0 Å². The Kier molecular flexibility index (Phi) is 1.37. The van der Waals surface area contributed by atoms with Crippen molar-refractivity contribution in [2.45, 2.75) is 31.8 Å². The van der Waals surface area contributed by atoms with Crippen molar-refractivity contribution in [3.8, 4) is 0 Å². The average molecular weight is 161 g/mol. The number of rotatable bonds is 1. The molecular weight excluding hydrogens is 146 g/mol. The zero-order valence-corrected chi connectivity index (χ0v) is 7.89. The van der Waals surface area contributed by atoms with E-state index in [-0.39, 0.29) is 11.1 Å². The smallest absolute Gasteiger partial charge is 0.0590 e. The molecule has 0 aliphatic carbocycles. The van der Waals surface area contributed by atoms with Crippen LogP contribution in [0.15, 0.2) is 30.3 Å². The lowest BCUT2D eigenvalue weighted by molar-refractivity contribution is 0.636. The zero-order valence-electron chi connectivity index (χ0n) is 7.89. The Morgan fingerprint density at radius 3 is 1.92 bits per heavy atom. The second kappa shape index (κ2) is 2.11. The van der Waals surface area contributed by atoms with Crippen LogP contribution in [-0.4, -0.2) is 5.54 Å². The van der Waals surface area contributed by atoms with E-state index < -0.39 is 0 Å². The van der Waals surface area contributed by atoms with Crippen molar-refractivity contribution in [3.63, 3.8) is 0 Å². The summed E-state index contributed by atoms with van der Waals surface area (Å²) in [5, 5.41) is 3.50. The largest absolute Gasteiger partial charge is 0.299 e. The third-order valence-electron chi connectivity index (χ3n) is 3.10. The van der Waals surface area contributed by atoms with Gasteiger partial charge >= 0.3 is 0 Å². The Morgan fingerprint density at radius 1 is 1.00 bits per heavy atom. The minimum absolute atomic E-state index is 0.189. The minimum Gasteiger partial charge on any atom is -0.299 e. The van der Waals surface area contributed by atoms with Gasteiger partial charge in [-0.25, -0.2) is 0 Å². The summed E-state index contributed by atoms with van der Waals surface area (Å²) in [7, 11) is 0. The lowest BCUT2D eigenvalue weighted by Gasteiger charge is -2.11. The van der Waals surface area contributed by atoms with Gasteiger partial charge in [0.2, 0.25) is 0 Å². The van der Waals surface area contributed by atoms with Crippen LogP contribution in [0, 0.1) is 0 Å². The molecule has 2 rings (SSSR count). The highest BCUT2D eigenvalue weighted by Gasteiger charge is 2.57. The summed E-state index contributed by atoms with van der Waals surface area (Å²) in [6, 6.07) is 10.6. The molecule has 0 bridgehead atoms. The molecule has 1 aromatic carbocycles. The van der Waals surface area contributed by atoms with E-state index in [2.05, 4.69) is 56.4 Å². The predicted molar refractivity (Wildman–Crippen MR) is 51.0 cm³/mol. The van der Waals surface area contributed by atoms with Crippen molar-refractivity contribution in [1.82, 2.24) is 5.32 Å². The number of benzene rings is 1. The van der Waals surface area contributed by atoms with E-state index in [1.54, 1.807) is 0 Å². The molecule has 0 radical (unpaired) electrons. The topological polar surface area (TPSA) is 21.9 Å². The van der Waals surface area contributed by atoms with E-state index in [1.165, 1.54) is 5.56 Å². The summed E-state index contributed by atoms with van der Waals surface area (Å²) >= 11 is 0. The van der Waals surface area contributed by atoms with Gasteiger partial charge in [0.25, 0.3) is 0 Å². The third-order valence-corrected chi connectivity index (χ3v) is 3.10. The van der Waals surface area contributed by atoms with Gasteiger partial charge < -0.3 is 0 Å². The molecule has 1 nitrogen and oxygen atoms in total. The first-order valence-corrected chi connectivity index (χ1v) is 4.41. The van der Waals surface area contributed by atoms with Crippen LogP contribution < -0.4 is 5.32 Å². The van der Waals surface area contributed by atoms with Gasteiger partial charge in [-0.15, -0.1) is 0 Å². The highest BCUT2D eigenvalue weighted by Crippen LogP contribution is 2.46. The molecule has 1 fully saturated rings. The Morgan fingerprint density at radius 2 is 1.50 bits per heavy atom. The summed E-state index contributed by atoms with van der Waals surface area (Å²) in [6.07, 6.45) is 0. The minimum atomic E-state index is 0.189. The van der Waals surface area contributed by atoms with Crippen molar-refractivity contribution >= 4 is 0 Å². The quantitative estimate of drug-likeness (QED) is 0.627. The van der Waals surface area contributed by atoms with E-state index in [4.69, 9.17) is 0 Å². The zero-order chi connectivity index (χ0) is 8.82. The van der Waals surface area contributed by atoms with Gasteiger partial charge in [-0.2, -0.15) is 0 Å². The summed E-state index contributed by atoms with van der Waals surface area (Å²) in [4.78, 5) is 0. The van der Waals surface area contributed by atoms with Gasteiger partial charge in [-0.05, 0) is 26.3 Å². The van der Waals surface area contributed by atoms with Gasteiger partial charge in [0.15, 0.2) is 0 Å². The monoisotopic (exact) mass is 161 g/mol. The Labute approximate surface area is 73.8 Å². The van der Waals surface area contributed by atoms with Crippen LogP contribution in [0.5, 0.6) is 0 Å². The second-order valence-electron chi connectivity index (χ2n) is 4.24. The molecular formula is C11H15N. The maximum atomic E-state index is 3.50. The Bertz CT molecular complexity index is 289. The third kappa shape index (κ3) is 0.896. The first-order chi connectivity index (χ1) is 5.56. The van der Waals surface area contributed by atoms with Crippen molar-refractivity contribution in [2.75, 3.05) is 0 Å². The van der Waals surface area contributed by atoms with Gasteiger partial charge in [0.05, 0.1) is 5.54 Å². The normalized spacial score (nSPS) is 31.6. The Hall–Kier alpha value is -0.820. The fourth-order valence-corrected chi connectivity index (χ4v) is 1.80. The highest BCUT2D eigenvalue weighted by atomic mass is 15.3. The highest BCUT2D eigenvalue weighted by molar-refractivity contribution is 5.36. The maximum absolute atomic E-state index is 3.50. The summed E-state index contributed by atoms with van der Waals surface area (Å²) in [5.41, 5.74) is 1.83. The molecule has 0 aromatic heterocycles. The molecule has 1 N–H and O–H groups in total. The molecule has 12 heavy (non-hydrogen) atoms. The Balaban J connectivity index is 2.35. The van der Waals surface area contributed by atoms with E-state index in [1.807, 2.05) is 0 Å². The van der Waals surface area contributed by atoms with Crippen LogP contribution in [0.1, 0.15) is 26.3 Å². The molecule has 1 heterocycles. The lowest BCUT2D eigenvalue weighted by Crippen LogP contribution is -2.13. The molecule has 1 aliphatic heterocycles. The molecule has 0 amide bonds. The van der Waals surface area contributed by atoms with E-state index in [9.17, 15) is 0 Å². The first-order valence-electron chi connectivity index (χ1n) is 4.41. The van der Waals surface area contributed by atoms with Crippen molar-refractivity contribution in [1.29, 1.82) is 0 Å². The van der Waals surface area contributed by atoms with Crippen LogP contribution in [-0.2, 0) is 5.54 Å². The van der Waals surface area contributed by atoms with Crippen molar-refractivity contribution in [2.24, 2.45) is 0 Å². The fraction of sp³-hybridized carbons (Fsp3) is 0.455. The van der Waals surface area contributed by atoms with Crippen LogP contribution >= 0.6 is 0 Å². The molecule has 0 spiro atoms. The van der Waals surface area contributed by atoms with Crippen LogP contribution in [0.3, 0.4) is 0 Å². The predicted octanol–water partition coefficient (Wildman–Crippen LogP) is 2.28.